The molecule has 0 aromatic heterocycles. The minimum atomic E-state index is -0.692. The van der Waals surface area contributed by atoms with Crippen molar-refractivity contribution in [3.63, 3.8) is 0 Å². The summed E-state index contributed by atoms with van der Waals surface area (Å²) in [6.07, 6.45) is -0.692. The zero-order valence-electron chi connectivity index (χ0n) is 11.9. The second-order valence-electron chi connectivity index (χ2n) is 5.09. The molecule has 1 fully saturated rings. The molecule has 2 aliphatic heterocycles. The quantitative estimate of drug-likeness (QED) is 0.740. The fraction of sp³-hybridized carbons (Fsp3) is 0.118. The number of esters is 1. The zero-order valence-corrected chi connectivity index (χ0v) is 13.5. The Kier molecular flexibility index (Phi) is 3.67. The molecule has 23 heavy (non-hydrogen) atoms. The maximum Gasteiger partial charge on any atom is 0.318 e. The van der Waals surface area contributed by atoms with Gasteiger partial charge in [0.1, 0.15) is 5.04 Å². The molecule has 2 heterocycles. The smallest absolute Gasteiger partial charge is 0.318 e. The third kappa shape index (κ3) is 2.78. The highest BCUT2D eigenvalue weighted by Crippen LogP contribution is 2.33. The van der Waals surface area contributed by atoms with Crippen molar-refractivity contribution >= 4 is 45.8 Å². The molecule has 0 bridgehead atoms. The van der Waals surface area contributed by atoms with Gasteiger partial charge in [-0.05, 0) is 18.2 Å². The Bertz CT molecular complexity index is 849. The lowest BCUT2D eigenvalue weighted by Gasteiger charge is -2.19. The number of carbonyl (C=O) groups is 1. The number of aliphatic imine (C=N–C) groups is 2. The molecule has 0 N–H and O–H groups in total. The molecule has 0 saturated carbocycles. The van der Waals surface area contributed by atoms with E-state index in [0.29, 0.717) is 10.1 Å². The molecule has 6 heteroatoms. The van der Waals surface area contributed by atoms with E-state index in [4.69, 9.17) is 16.3 Å². The summed E-state index contributed by atoms with van der Waals surface area (Å²) in [5.74, 6) is -0.0202. The Hall–Kier alpha value is -2.11. The van der Waals surface area contributed by atoms with Crippen molar-refractivity contribution < 1.29 is 9.53 Å². The first-order chi connectivity index (χ1) is 11.2. The largest absolute Gasteiger partial charge is 0.432 e. The third-order valence-corrected chi connectivity index (χ3v) is 4.73. The number of thioether (sulfide) groups is 1. The predicted molar refractivity (Wildman–Crippen MR) is 93.0 cm³/mol. The van der Waals surface area contributed by atoms with Crippen molar-refractivity contribution in [3.05, 3.63) is 64.7 Å². The maximum absolute atomic E-state index is 11.6. The first-order valence-corrected chi connectivity index (χ1v) is 8.41. The Morgan fingerprint density at radius 3 is 2.83 bits per heavy atom. The van der Waals surface area contributed by atoms with Crippen LogP contribution in [-0.4, -0.2) is 28.7 Å². The number of benzene rings is 2. The van der Waals surface area contributed by atoms with E-state index in [9.17, 15) is 4.79 Å². The lowest BCUT2D eigenvalue weighted by molar-refractivity contribution is -0.142. The SMILES string of the molecule is O=C1CSC2=Nc3ccc(Cl)cc3C(c3ccccc3)=NC2O1. The van der Waals surface area contributed by atoms with E-state index in [2.05, 4.69) is 9.98 Å². The molecule has 0 spiro atoms. The van der Waals surface area contributed by atoms with Crippen LogP contribution in [0.2, 0.25) is 5.02 Å². The number of nitrogens with zero attached hydrogens (tertiary/aromatic N) is 2. The van der Waals surface area contributed by atoms with Crippen molar-refractivity contribution in [2.45, 2.75) is 6.23 Å². The van der Waals surface area contributed by atoms with Crippen molar-refractivity contribution in [3.8, 4) is 0 Å². The highest BCUT2D eigenvalue weighted by atomic mass is 35.5. The molecule has 0 aliphatic carbocycles. The second-order valence-corrected chi connectivity index (χ2v) is 6.52. The molecule has 0 amide bonds. The molecule has 2 aliphatic rings. The van der Waals surface area contributed by atoms with Crippen molar-refractivity contribution in [1.29, 1.82) is 0 Å². The maximum atomic E-state index is 11.6. The summed E-state index contributed by atoms with van der Waals surface area (Å²) in [6, 6.07) is 15.3. The summed E-state index contributed by atoms with van der Waals surface area (Å²) < 4.78 is 5.37. The minimum Gasteiger partial charge on any atom is -0.432 e. The van der Waals surface area contributed by atoms with Gasteiger partial charge in [-0.1, -0.05) is 53.7 Å². The van der Waals surface area contributed by atoms with Crippen molar-refractivity contribution in [2.75, 3.05) is 5.75 Å². The number of hydrogen-bond acceptors (Lipinski definition) is 5. The van der Waals surface area contributed by atoms with E-state index in [-0.39, 0.29) is 11.7 Å². The first kappa shape index (κ1) is 14.5. The predicted octanol–water partition coefficient (Wildman–Crippen LogP) is 3.84. The number of rotatable bonds is 1. The zero-order chi connectivity index (χ0) is 15.8. The third-order valence-electron chi connectivity index (χ3n) is 3.53. The summed E-state index contributed by atoms with van der Waals surface area (Å²) in [4.78, 5) is 20.9. The van der Waals surface area contributed by atoms with E-state index < -0.39 is 6.23 Å². The fourth-order valence-electron chi connectivity index (χ4n) is 2.51. The number of ether oxygens (including phenoxy) is 1. The summed E-state index contributed by atoms with van der Waals surface area (Å²) >= 11 is 7.53. The minimum absolute atomic E-state index is 0.258. The van der Waals surface area contributed by atoms with Gasteiger partial charge in [0.2, 0.25) is 6.23 Å². The summed E-state index contributed by atoms with van der Waals surface area (Å²) in [5.41, 5.74) is 3.27. The molecule has 2 aromatic carbocycles. The topological polar surface area (TPSA) is 51.0 Å². The van der Waals surface area contributed by atoms with Gasteiger partial charge in [-0.15, -0.1) is 0 Å². The van der Waals surface area contributed by atoms with E-state index >= 15 is 0 Å². The standard InChI is InChI=1S/C17H11ClN2O2S/c18-11-6-7-13-12(8-11)15(10-4-2-1-3-5-10)20-16-17(19-13)23-9-14(21)22-16/h1-8,16H,9H2. The monoisotopic (exact) mass is 342 g/mol. The van der Waals surface area contributed by atoms with Crippen LogP contribution in [0.3, 0.4) is 0 Å². The van der Waals surface area contributed by atoms with E-state index in [0.717, 1.165) is 22.5 Å². The number of carbonyl (C=O) groups excluding carboxylic acids is 1. The van der Waals surface area contributed by atoms with Crippen LogP contribution in [0.25, 0.3) is 0 Å². The van der Waals surface area contributed by atoms with Gasteiger partial charge >= 0.3 is 5.97 Å². The Morgan fingerprint density at radius 1 is 1.17 bits per heavy atom. The Labute approximate surface area is 142 Å². The van der Waals surface area contributed by atoms with Crippen LogP contribution in [0.4, 0.5) is 5.69 Å². The van der Waals surface area contributed by atoms with E-state index in [1.54, 1.807) is 6.07 Å². The number of halogens is 1. The van der Waals surface area contributed by atoms with Crippen LogP contribution in [0.1, 0.15) is 11.1 Å². The molecule has 1 atom stereocenters. The molecular weight excluding hydrogens is 332 g/mol. The molecule has 4 nitrogen and oxygen atoms in total. The van der Waals surface area contributed by atoms with Gasteiger partial charge in [0.15, 0.2) is 0 Å². The van der Waals surface area contributed by atoms with Crippen molar-refractivity contribution in [1.82, 2.24) is 0 Å². The van der Waals surface area contributed by atoms with Crippen LogP contribution in [0, 0.1) is 0 Å². The Balaban J connectivity index is 1.93. The molecule has 1 unspecified atom stereocenters. The summed E-state index contributed by atoms with van der Waals surface area (Å²) in [5, 5.41) is 1.31. The summed E-state index contributed by atoms with van der Waals surface area (Å²) in [7, 11) is 0. The van der Waals surface area contributed by atoms with Crippen LogP contribution in [-0.2, 0) is 9.53 Å². The van der Waals surface area contributed by atoms with Gasteiger partial charge in [0, 0.05) is 16.1 Å². The van der Waals surface area contributed by atoms with Crippen LogP contribution < -0.4 is 0 Å². The number of hydrogen-bond donors (Lipinski definition) is 0. The molecule has 1 saturated heterocycles. The lowest BCUT2D eigenvalue weighted by atomic mass is 10.0. The molecule has 2 aromatic rings. The average molecular weight is 343 g/mol. The first-order valence-electron chi connectivity index (χ1n) is 7.05. The molecular formula is C17H11ClN2O2S. The molecule has 4 rings (SSSR count). The van der Waals surface area contributed by atoms with Crippen molar-refractivity contribution in [2.24, 2.45) is 9.98 Å². The normalized spacial score (nSPS) is 19.7. The fourth-order valence-corrected chi connectivity index (χ4v) is 3.42. The van der Waals surface area contributed by atoms with E-state index in [1.165, 1.54) is 11.8 Å². The van der Waals surface area contributed by atoms with Crippen LogP contribution in [0.5, 0.6) is 0 Å². The van der Waals surface area contributed by atoms with Gasteiger partial charge in [-0.2, -0.15) is 0 Å². The summed E-state index contributed by atoms with van der Waals surface area (Å²) in [6.45, 7) is 0. The molecule has 114 valence electrons. The number of fused-ring (bicyclic) bond motifs is 2. The van der Waals surface area contributed by atoms with Crippen LogP contribution in [0.15, 0.2) is 58.5 Å². The van der Waals surface area contributed by atoms with Crippen LogP contribution >= 0.6 is 23.4 Å². The van der Waals surface area contributed by atoms with Gasteiger partial charge in [0.05, 0.1) is 17.2 Å². The average Bonchev–Trinajstić information content (AvgIpc) is 2.72. The highest BCUT2D eigenvalue weighted by molar-refractivity contribution is 8.14. The second kappa shape index (κ2) is 5.83. The van der Waals surface area contributed by atoms with Gasteiger partial charge in [-0.25, -0.2) is 9.98 Å². The van der Waals surface area contributed by atoms with Gasteiger partial charge in [-0.3, -0.25) is 4.79 Å². The Morgan fingerprint density at radius 2 is 2.00 bits per heavy atom. The van der Waals surface area contributed by atoms with Gasteiger partial charge in [0.25, 0.3) is 0 Å². The lowest BCUT2D eigenvalue weighted by Crippen LogP contribution is -2.31. The highest BCUT2D eigenvalue weighted by Gasteiger charge is 2.31. The van der Waals surface area contributed by atoms with Gasteiger partial charge < -0.3 is 4.74 Å². The molecule has 0 radical (unpaired) electrons. The van der Waals surface area contributed by atoms with E-state index in [1.807, 2.05) is 42.5 Å².